The molecule has 0 saturated heterocycles. The molecule has 0 aliphatic rings. The molecule has 248 valence electrons. The number of unbranched alkanes of at least 4 members (excludes halogenated alkanes) is 9. The first-order valence-electron chi connectivity index (χ1n) is 16.3. The fraction of sp³-hybridized carbons (Fsp3) is 0.806. The first kappa shape index (κ1) is 39.8. The van der Waals surface area contributed by atoms with Crippen LogP contribution < -0.4 is 26.6 Å². The van der Waals surface area contributed by atoms with E-state index in [-0.39, 0.29) is 56.6 Å². The van der Waals surface area contributed by atoms with E-state index in [1.807, 2.05) is 0 Å². The zero-order chi connectivity index (χ0) is 32.1. The van der Waals surface area contributed by atoms with Crippen molar-refractivity contribution in [2.24, 2.45) is 0 Å². The predicted molar refractivity (Wildman–Crippen MR) is 166 cm³/mol. The van der Waals surface area contributed by atoms with Crippen molar-refractivity contribution in [3.05, 3.63) is 0 Å². The lowest BCUT2D eigenvalue weighted by molar-refractivity contribution is -0.137. The van der Waals surface area contributed by atoms with Crippen LogP contribution in [-0.4, -0.2) is 72.8 Å². The molecule has 43 heavy (non-hydrogen) atoms. The van der Waals surface area contributed by atoms with E-state index in [2.05, 4.69) is 40.4 Å². The van der Waals surface area contributed by atoms with Crippen LogP contribution in [0.25, 0.3) is 0 Å². The molecule has 1 unspecified atom stereocenters. The summed E-state index contributed by atoms with van der Waals surface area (Å²) >= 11 is 0. The first-order chi connectivity index (χ1) is 20.7. The van der Waals surface area contributed by atoms with Gasteiger partial charge in [0.2, 0.25) is 29.5 Å². The molecule has 12 heteroatoms. The Balaban J connectivity index is 4.34. The van der Waals surface area contributed by atoms with Crippen LogP contribution in [0.4, 0.5) is 0 Å². The molecular weight excluding hydrogens is 554 g/mol. The van der Waals surface area contributed by atoms with Crippen LogP contribution in [-0.2, 0) is 28.8 Å². The summed E-state index contributed by atoms with van der Waals surface area (Å²) in [6, 6.07) is -0.858. The summed E-state index contributed by atoms with van der Waals surface area (Å²) in [5.41, 5.74) is 0. The van der Waals surface area contributed by atoms with Crippen molar-refractivity contribution in [2.75, 3.05) is 26.2 Å². The number of hydrogen-bond acceptors (Lipinski definition) is 6. The topological polar surface area (TPSA) is 183 Å². The van der Waals surface area contributed by atoms with Crippen LogP contribution in [0.15, 0.2) is 0 Å². The number of carboxylic acid groups (broad SMARTS) is 1. The second-order valence-corrected chi connectivity index (χ2v) is 10.9. The third-order valence-electron chi connectivity index (χ3n) is 6.89. The van der Waals surface area contributed by atoms with Gasteiger partial charge in [-0.3, -0.25) is 28.8 Å². The Hall–Kier alpha value is -3.18. The zero-order valence-corrected chi connectivity index (χ0v) is 26.5. The molecule has 12 nitrogen and oxygen atoms in total. The van der Waals surface area contributed by atoms with Gasteiger partial charge >= 0.3 is 5.97 Å². The Morgan fingerprint density at radius 2 is 0.953 bits per heavy atom. The lowest BCUT2D eigenvalue weighted by Crippen LogP contribution is -2.47. The van der Waals surface area contributed by atoms with Gasteiger partial charge in [0, 0.05) is 51.9 Å². The molecule has 0 rings (SSSR count). The van der Waals surface area contributed by atoms with Gasteiger partial charge in [-0.1, -0.05) is 65.2 Å². The average molecular weight is 612 g/mol. The summed E-state index contributed by atoms with van der Waals surface area (Å²) in [6.07, 6.45) is 12.8. The minimum atomic E-state index is -1.04. The molecule has 0 fully saturated rings. The van der Waals surface area contributed by atoms with E-state index < -0.39 is 23.8 Å². The SMILES string of the molecule is CCCCCCCC(=O)NCCC(=O)NCCCCC(NC(=O)CCNC(=O)CCCCCCC)C(=O)NCCC(=O)O. The van der Waals surface area contributed by atoms with Crippen molar-refractivity contribution in [3.8, 4) is 0 Å². The molecule has 1 atom stereocenters. The number of nitrogens with one attached hydrogen (secondary N) is 5. The Morgan fingerprint density at radius 3 is 1.49 bits per heavy atom. The number of aliphatic carboxylic acids is 1. The van der Waals surface area contributed by atoms with Crippen molar-refractivity contribution in [1.29, 1.82) is 0 Å². The highest BCUT2D eigenvalue weighted by molar-refractivity contribution is 5.88. The smallest absolute Gasteiger partial charge is 0.305 e. The van der Waals surface area contributed by atoms with Gasteiger partial charge < -0.3 is 31.7 Å². The molecule has 0 bridgehead atoms. The fourth-order valence-electron chi connectivity index (χ4n) is 4.33. The van der Waals surface area contributed by atoms with Gasteiger partial charge in [-0.25, -0.2) is 0 Å². The summed E-state index contributed by atoms with van der Waals surface area (Å²) in [5, 5.41) is 22.3. The maximum atomic E-state index is 12.6. The van der Waals surface area contributed by atoms with Crippen molar-refractivity contribution >= 4 is 35.5 Å². The molecule has 0 aliphatic carbocycles. The van der Waals surface area contributed by atoms with E-state index in [1.54, 1.807) is 0 Å². The van der Waals surface area contributed by atoms with Crippen molar-refractivity contribution in [2.45, 2.75) is 135 Å². The molecule has 0 heterocycles. The van der Waals surface area contributed by atoms with E-state index in [0.717, 1.165) is 57.8 Å². The quantitative estimate of drug-likeness (QED) is 0.0735. The lowest BCUT2D eigenvalue weighted by atomic mass is 10.1. The molecule has 0 saturated carbocycles. The molecule has 6 N–H and O–H groups in total. The number of carboxylic acids is 1. The van der Waals surface area contributed by atoms with Crippen LogP contribution in [0.1, 0.15) is 129 Å². The number of carbonyl (C=O) groups excluding carboxylic acids is 5. The largest absolute Gasteiger partial charge is 0.481 e. The summed E-state index contributed by atoms with van der Waals surface area (Å²) in [6.45, 7) is 5.05. The minimum Gasteiger partial charge on any atom is -0.481 e. The average Bonchev–Trinajstić information content (AvgIpc) is 2.95. The van der Waals surface area contributed by atoms with E-state index in [4.69, 9.17) is 5.11 Å². The predicted octanol–water partition coefficient (Wildman–Crippen LogP) is 3.08. The van der Waals surface area contributed by atoms with Crippen molar-refractivity contribution in [1.82, 2.24) is 26.6 Å². The van der Waals surface area contributed by atoms with Crippen LogP contribution in [0.2, 0.25) is 0 Å². The highest BCUT2D eigenvalue weighted by atomic mass is 16.4. The van der Waals surface area contributed by atoms with E-state index in [1.165, 1.54) is 6.42 Å². The molecule has 0 aliphatic heterocycles. The summed E-state index contributed by atoms with van der Waals surface area (Å²) in [4.78, 5) is 71.7. The van der Waals surface area contributed by atoms with E-state index in [9.17, 15) is 28.8 Å². The molecule has 5 amide bonds. The molecule has 0 spiro atoms. The summed E-state index contributed by atoms with van der Waals surface area (Å²) in [7, 11) is 0. The zero-order valence-electron chi connectivity index (χ0n) is 26.5. The Kier molecular flexibility index (Phi) is 25.6. The van der Waals surface area contributed by atoms with E-state index in [0.29, 0.717) is 38.6 Å². The molecule has 0 aromatic heterocycles. The van der Waals surface area contributed by atoms with Crippen LogP contribution in [0, 0.1) is 0 Å². The maximum Gasteiger partial charge on any atom is 0.305 e. The van der Waals surface area contributed by atoms with Gasteiger partial charge in [-0.2, -0.15) is 0 Å². The van der Waals surface area contributed by atoms with Gasteiger partial charge in [-0.05, 0) is 32.1 Å². The monoisotopic (exact) mass is 611 g/mol. The highest BCUT2D eigenvalue weighted by Crippen LogP contribution is 2.06. The Morgan fingerprint density at radius 1 is 0.488 bits per heavy atom. The fourth-order valence-corrected chi connectivity index (χ4v) is 4.33. The molecular formula is C31H57N5O7. The first-order valence-corrected chi connectivity index (χ1v) is 16.3. The Labute approximate surface area is 257 Å². The summed E-state index contributed by atoms with van der Waals surface area (Å²) < 4.78 is 0. The molecule has 0 aromatic rings. The lowest BCUT2D eigenvalue weighted by Gasteiger charge is -2.18. The second-order valence-electron chi connectivity index (χ2n) is 10.9. The third kappa shape index (κ3) is 26.2. The van der Waals surface area contributed by atoms with Crippen LogP contribution in [0.3, 0.4) is 0 Å². The van der Waals surface area contributed by atoms with Gasteiger partial charge in [-0.15, -0.1) is 0 Å². The maximum absolute atomic E-state index is 12.6. The van der Waals surface area contributed by atoms with Gasteiger partial charge in [0.05, 0.1) is 6.42 Å². The molecule has 0 aromatic carbocycles. The minimum absolute atomic E-state index is 0.0198. The summed E-state index contributed by atoms with van der Waals surface area (Å²) in [5.74, 6) is -2.23. The number of hydrogen-bond donors (Lipinski definition) is 6. The standard InChI is InChI=1S/C31H57N5O7/c1-3-5-7-9-11-16-26(37)33-22-18-28(39)32-21-14-13-15-25(31(43)35-24-20-30(41)42)36-29(40)19-23-34-27(38)17-12-10-8-6-4-2/h25H,3-24H2,1-2H3,(H,32,39)(H,33,37)(H,34,38)(H,35,43)(H,36,40)(H,41,42). The second kappa shape index (κ2) is 27.6. The normalized spacial score (nSPS) is 11.3. The van der Waals surface area contributed by atoms with Gasteiger partial charge in [0.15, 0.2) is 0 Å². The molecule has 0 radical (unpaired) electrons. The number of carbonyl (C=O) groups is 6. The van der Waals surface area contributed by atoms with Crippen molar-refractivity contribution < 1.29 is 33.9 Å². The Bertz CT molecular complexity index is 822. The number of amides is 5. The van der Waals surface area contributed by atoms with Gasteiger partial charge in [0.25, 0.3) is 0 Å². The van der Waals surface area contributed by atoms with Gasteiger partial charge in [0.1, 0.15) is 6.04 Å². The van der Waals surface area contributed by atoms with E-state index >= 15 is 0 Å². The van der Waals surface area contributed by atoms with Crippen LogP contribution >= 0.6 is 0 Å². The number of rotatable bonds is 28. The van der Waals surface area contributed by atoms with Crippen LogP contribution in [0.5, 0.6) is 0 Å². The van der Waals surface area contributed by atoms with Crippen molar-refractivity contribution in [3.63, 3.8) is 0 Å². The highest BCUT2D eigenvalue weighted by Gasteiger charge is 2.20. The third-order valence-corrected chi connectivity index (χ3v) is 6.89.